The minimum atomic E-state index is -0.680. The number of rotatable bonds is 6. The van der Waals surface area contributed by atoms with Crippen LogP contribution in [0, 0.1) is 0 Å². The molecular formula is C14H29N3O2. The first-order valence-electron chi connectivity index (χ1n) is 7.31. The van der Waals surface area contributed by atoms with E-state index in [1.807, 2.05) is 18.7 Å². The lowest BCUT2D eigenvalue weighted by atomic mass is 10.0. The molecule has 5 nitrogen and oxygen atoms in total. The molecule has 5 heteroatoms. The van der Waals surface area contributed by atoms with Gasteiger partial charge in [-0.3, -0.25) is 9.69 Å². The first-order valence-corrected chi connectivity index (χ1v) is 7.31. The zero-order valence-electron chi connectivity index (χ0n) is 12.8. The Labute approximate surface area is 117 Å². The summed E-state index contributed by atoms with van der Waals surface area (Å²) in [6.07, 6.45) is 1.76. The van der Waals surface area contributed by atoms with E-state index in [9.17, 15) is 4.79 Å². The third-order valence-corrected chi connectivity index (χ3v) is 4.44. The predicted molar refractivity (Wildman–Crippen MR) is 77.0 cm³/mol. The molecule has 1 aliphatic rings. The number of hydrogen-bond acceptors (Lipinski definition) is 4. The zero-order chi connectivity index (χ0) is 14.5. The topological polar surface area (TPSA) is 58.8 Å². The number of carbonyl (C=O) groups excluding carboxylic acids is 1. The Balaban J connectivity index is 2.56. The Morgan fingerprint density at radius 1 is 1.32 bits per heavy atom. The lowest BCUT2D eigenvalue weighted by Crippen LogP contribution is -2.57. The Morgan fingerprint density at radius 3 is 2.26 bits per heavy atom. The largest absolute Gasteiger partial charge is 0.369 e. The van der Waals surface area contributed by atoms with Crippen molar-refractivity contribution in [1.82, 2.24) is 9.80 Å². The van der Waals surface area contributed by atoms with Crippen molar-refractivity contribution in [1.29, 1.82) is 0 Å². The van der Waals surface area contributed by atoms with Crippen LogP contribution in [0.4, 0.5) is 0 Å². The maximum absolute atomic E-state index is 12.5. The van der Waals surface area contributed by atoms with Crippen LogP contribution in [-0.4, -0.2) is 67.2 Å². The SMILES string of the molecule is CCC(CN)N1CCN(C(=O)C(C)(CC)OC)CC1. The molecule has 1 saturated heterocycles. The van der Waals surface area contributed by atoms with Crippen molar-refractivity contribution in [3.63, 3.8) is 0 Å². The highest BCUT2D eigenvalue weighted by atomic mass is 16.5. The molecule has 0 saturated carbocycles. The summed E-state index contributed by atoms with van der Waals surface area (Å²) in [5.41, 5.74) is 5.10. The van der Waals surface area contributed by atoms with E-state index in [-0.39, 0.29) is 5.91 Å². The van der Waals surface area contributed by atoms with Crippen molar-refractivity contribution in [2.24, 2.45) is 5.73 Å². The standard InChI is InChI=1S/C14H29N3O2/c1-5-12(11-15)16-7-9-17(10-8-16)13(18)14(3,6-2)19-4/h12H,5-11,15H2,1-4H3. The molecular weight excluding hydrogens is 242 g/mol. The monoisotopic (exact) mass is 271 g/mol. The Hall–Kier alpha value is -0.650. The molecule has 2 unspecified atom stereocenters. The van der Waals surface area contributed by atoms with Crippen LogP contribution in [0.15, 0.2) is 0 Å². The van der Waals surface area contributed by atoms with Crippen LogP contribution < -0.4 is 5.73 Å². The van der Waals surface area contributed by atoms with Gasteiger partial charge >= 0.3 is 0 Å². The molecule has 1 heterocycles. The van der Waals surface area contributed by atoms with E-state index in [0.29, 0.717) is 19.0 Å². The summed E-state index contributed by atoms with van der Waals surface area (Å²) in [7, 11) is 1.61. The van der Waals surface area contributed by atoms with Crippen molar-refractivity contribution in [3.05, 3.63) is 0 Å². The van der Waals surface area contributed by atoms with Crippen LogP contribution in [0.5, 0.6) is 0 Å². The van der Waals surface area contributed by atoms with Gasteiger partial charge in [0, 0.05) is 45.9 Å². The molecule has 2 N–H and O–H groups in total. The van der Waals surface area contributed by atoms with Crippen molar-refractivity contribution < 1.29 is 9.53 Å². The Morgan fingerprint density at radius 2 is 1.89 bits per heavy atom. The summed E-state index contributed by atoms with van der Waals surface area (Å²) in [6, 6.07) is 0.442. The molecule has 1 rings (SSSR count). The summed E-state index contributed by atoms with van der Waals surface area (Å²) in [5.74, 6) is 0.109. The lowest BCUT2D eigenvalue weighted by Gasteiger charge is -2.41. The molecule has 1 aliphatic heterocycles. The maximum atomic E-state index is 12.5. The average Bonchev–Trinajstić information content (AvgIpc) is 2.47. The molecule has 0 radical (unpaired) electrons. The van der Waals surface area contributed by atoms with E-state index in [2.05, 4.69) is 11.8 Å². The van der Waals surface area contributed by atoms with Crippen molar-refractivity contribution in [3.8, 4) is 0 Å². The minimum Gasteiger partial charge on any atom is -0.369 e. The highest BCUT2D eigenvalue weighted by molar-refractivity contribution is 5.84. The summed E-state index contributed by atoms with van der Waals surface area (Å²) in [6.45, 7) is 10.1. The first-order chi connectivity index (χ1) is 9.02. The van der Waals surface area contributed by atoms with E-state index in [1.165, 1.54) is 0 Å². The van der Waals surface area contributed by atoms with Crippen molar-refractivity contribution in [2.75, 3.05) is 39.8 Å². The molecule has 0 spiro atoms. The minimum absolute atomic E-state index is 0.109. The molecule has 0 aromatic rings. The van der Waals surface area contributed by atoms with Gasteiger partial charge in [0.15, 0.2) is 0 Å². The number of piperazine rings is 1. The van der Waals surface area contributed by atoms with Gasteiger partial charge in [-0.1, -0.05) is 13.8 Å². The third kappa shape index (κ3) is 3.68. The fourth-order valence-electron chi connectivity index (χ4n) is 2.58. The summed E-state index contributed by atoms with van der Waals surface area (Å²) in [4.78, 5) is 16.8. The van der Waals surface area contributed by atoms with Gasteiger partial charge in [0.25, 0.3) is 5.91 Å². The second-order valence-electron chi connectivity index (χ2n) is 5.41. The number of ether oxygens (including phenoxy) is 1. The van der Waals surface area contributed by atoms with Gasteiger partial charge in [-0.25, -0.2) is 0 Å². The quantitative estimate of drug-likeness (QED) is 0.772. The van der Waals surface area contributed by atoms with Gasteiger partial charge in [-0.2, -0.15) is 0 Å². The molecule has 19 heavy (non-hydrogen) atoms. The Bertz CT molecular complexity index is 280. The number of methoxy groups -OCH3 is 1. The van der Waals surface area contributed by atoms with E-state index < -0.39 is 5.60 Å². The predicted octanol–water partition coefficient (Wildman–Crippen LogP) is 0.683. The number of hydrogen-bond donors (Lipinski definition) is 1. The maximum Gasteiger partial charge on any atom is 0.254 e. The summed E-state index contributed by atoms with van der Waals surface area (Å²) >= 11 is 0. The molecule has 0 bridgehead atoms. The van der Waals surface area contributed by atoms with E-state index >= 15 is 0 Å². The van der Waals surface area contributed by atoms with Crippen LogP contribution >= 0.6 is 0 Å². The first kappa shape index (κ1) is 16.4. The lowest BCUT2D eigenvalue weighted by molar-refractivity contribution is -0.155. The van der Waals surface area contributed by atoms with Crippen LogP contribution in [-0.2, 0) is 9.53 Å². The molecule has 1 fully saturated rings. The summed E-state index contributed by atoms with van der Waals surface area (Å²) < 4.78 is 5.39. The molecule has 1 amide bonds. The van der Waals surface area contributed by atoms with Crippen LogP contribution in [0.3, 0.4) is 0 Å². The number of carbonyl (C=O) groups is 1. The molecule has 0 aromatic heterocycles. The number of amides is 1. The van der Waals surface area contributed by atoms with Gasteiger partial charge in [0.1, 0.15) is 5.60 Å². The van der Waals surface area contributed by atoms with Crippen LogP contribution in [0.1, 0.15) is 33.6 Å². The van der Waals surface area contributed by atoms with Crippen molar-refractivity contribution >= 4 is 5.91 Å². The van der Waals surface area contributed by atoms with Gasteiger partial charge in [-0.05, 0) is 19.8 Å². The fraction of sp³-hybridized carbons (Fsp3) is 0.929. The second kappa shape index (κ2) is 7.22. The highest BCUT2D eigenvalue weighted by Gasteiger charge is 2.36. The van der Waals surface area contributed by atoms with E-state index in [1.54, 1.807) is 7.11 Å². The molecule has 112 valence electrons. The summed E-state index contributed by atoms with van der Waals surface area (Å²) in [5, 5.41) is 0. The van der Waals surface area contributed by atoms with Gasteiger partial charge < -0.3 is 15.4 Å². The molecule has 2 atom stereocenters. The third-order valence-electron chi connectivity index (χ3n) is 4.44. The molecule has 0 aliphatic carbocycles. The van der Waals surface area contributed by atoms with Crippen LogP contribution in [0.2, 0.25) is 0 Å². The van der Waals surface area contributed by atoms with Gasteiger partial charge in [0.2, 0.25) is 0 Å². The highest BCUT2D eigenvalue weighted by Crippen LogP contribution is 2.19. The smallest absolute Gasteiger partial charge is 0.254 e. The zero-order valence-corrected chi connectivity index (χ0v) is 12.8. The van der Waals surface area contributed by atoms with E-state index in [0.717, 1.165) is 32.6 Å². The van der Waals surface area contributed by atoms with Gasteiger partial charge in [0.05, 0.1) is 0 Å². The fourth-order valence-corrected chi connectivity index (χ4v) is 2.58. The molecule has 0 aromatic carbocycles. The number of nitrogens with zero attached hydrogens (tertiary/aromatic N) is 2. The second-order valence-corrected chi connectivity index (χ2v) is 5.41. The normalized spacial score (nSPS) is 22.1. The van der Waals surface area contributed by atoms with Crippen LogP contribution in [0.25, 0.3) is 0 Å². The van der Waals surface area contributed by atoms with Crippen molar-refractivity contribution in [2.45, 2.75) is 45.3 Å². The van der Waals surface area contributed by atoms with E-state index in [4.69, 9.17) is 10.5 Å². The van der Waals surface area contributed by atoms with Gasteiger partial charge in [-0.15, -0.1) is 0 Å². The number of nitrogens with two attached hydrogens (primary N) is 1. The average molecular weight is 271 g/mol. The Kier molecular flexibility index (Phi) is 6.23.